The van der Waals surface area contributed by atoms with E-state index in [-0.39, 0.29) is 0 Å². The zero-order valence-corrected chi connectivity index (χ0v) is 8.95. The summed E-state index contributed by atoms with van der Waals surface area (Å²) in [5.41, 5.74) is 0.953. The van der Waals surface area contributed by atoms with Gasteiger partial charge in [-0.05, 0) is 18.1 Å². The maximum Gasteiger partial charge on any atom is 0.379 e. The van der Waals surface area contributed by atoms with E-state index in [9.17, 15) is 9.59 Å². The van der Waals surface area contributed by atoms with Gasteiger partial charge in [-0.2, -0.15) is 0 Å². The molecule has 0 aliphatic rings. The summed E-state index contributed by atoms with van der Waals surface area (Å²) in [4.78, 5) is 21.8. The Morgan fingerprint density at radius 1 is 1.27 bits per heavy atom. The van der Waals surface area contributed by atoms with E-state index in [4.69, 9.17) is 4.74 Å². The van der Waals surface area contributed by atoms with Crippen LogP contribution in [0.4, 0.5) is 0 Å². The van der Waals surface area contributed by atoms with Gasteiger partial charge in [0.2, 0.25) is 5.78 Å². The highest BCUT2D eigenvalue weighted by Gasteiger charge is 2.12. The number of esters is 1. The van der Waals surface area contributed by atoms with Crippen LogP contribution in [0.2, 0.25) is 0 Å². The van der Waals surface area contributed by atoms with Crippen molar-refractivity contribution in [2.75, 3.05) is 0 Å². The minimum Gasteiger partial charge on any atom is -0.421 e. The molecule has 0 bridgehead atoms. The van der Waals surface area contributed by atoms with Crippen LogP contribution in [0.1, 0.15) is 25.8 Å². The van der Waals surface area contributed by atoms with Gasteiger partial charge < -0.3 is 4.74 Å². The van der Waals surface area contributed by atoms with Crippen LogP contribution in [0, 0.1) is 0 Å². The first-order valence-electron chi connectivity index (χ1n) is 4.95. The number of para-hydroxylation sites is 1. The third-order valence-corrected chi connectivity index (χ3v) is 1.98. The lowest BCUT2D eigenvalue weighted by Gasteiger charge is -2.07. The van der Waals surface area contributed by atoms with Gasteiger partial charge in [-0.1, -0.05) is 31.5 Å². The minimum absolute atomic E-state index is 0.486. The summed E-state index contributed by atoms with van der Waals surface area (Å²) in [6.45, 7) is 3.24. The third-order valence-electron chi connectivity index (χ3n) is 1.98. The molecular formula is C12H14O3. The largest absolute Gasteiger partial charge is 0.421 e. The van der Waals surface area contributed by atoms with Crippen LogP contribution in [0.5, 0.6) is 5.75 Å². The molecule has 0 unspecified atom stereocenters. The quantitative estimate of drug-likeness (QED) is 0.430. The average molecular weight is 206 g/mol. The summed E-state index contributed by atoms with van der Waals surface area (Å²) in [6, 6.07) is 7.26. The van der Waals surface area contributed by atoms with E-state index >= 15 is 0 Å². The highest BCUT2D eigenvalue weighted by atomic mass is 16.5. The Hall–Kier alpha value is -1.64. The number of benzene rings is 1. The summed E-state index contributed by atoms with van der Waals surface area (Å²) in [7, 11) is 0. The Bertz CT molecular complexity index is 369. The molecule has 80 valence electrons. The molecule has 0 amide bonds. The first-order valence-corrected chi connectivity index (χ1v) is 4.95. The van der Waals surface area contributed by atoms with Gasteiger partial charge in [0.15, 0.2) is 0 Å². The van der Waals surface area contributed by atoms with Crippen LogP contribution < -0.4 is 4.74 Å². The number of ketones is 1. The van der Waals surface area contributed by atoms with Crippen molar-refractivity contribution in [1.29, 1.82) is 0 Å². The van der Waals surface area contributed by atoms with Crippen LogP contribution in [0.15, 0.2) is 24.3 Å². The Kier molecular flexibility index (Phi) is 4.03. The Morgan fingerprint density at radius 3 is 2.53 bits per heavy atom. The molecule has 1 aromatic carbocycles. The standard InChI is InChI=1S/C12H14O3/c1-3-6-10-7-4-5-8-11(10)15-12(14)9(2)13/h4-5,7-8H,3,6H2,1-2H3. The van der Waals surface area contributed by atoms with Crippen molar-refractivity contribution in [3.05, 3.63) is 29.8 Å². The highest BCUT2D eigenvalue weighted by Crippen LogP contribution is 2.19. The summed E-state index contributed by atoms with van der Waals surface area (Å²) in [5, 5.41) is 0. The van der Waals surface area contributed by atoms with Crippen molar-refractivity contribution < 1.29 is 14.3 Å². The molecule has 0 fully saturated rings. The Balaban J connectivity index is 2.84. The van der Waals surface area contributed by atoms with Crippen LogP contribution >= 0.6 is 0 Å². The number of ether oxygens (including phenoxy) is 1. The van der Waals surface area contributed by atoms with Gasteiger partial charge in [-0.3, -0.25) is 4.79 Å². The lowest BCUT2D eigenvalue weighted by atomic mass is 10.1. The number of aryl methyl sites for hydroxylation is 1. The molecule has 3 heteroatoms. The van der Waals surface area contributed by atoms with Crippen LogP contribution in [-0.4, -0.2) is 11.8 Å². The molecule has 0 aliphatic carbocycles. The molecule has 3 nitrogen and oxygen atoms in total. The van der Waals surface area contributed by atoms with E-state index in [0.29, 0.717) is 5.75 Å². The minimum atomic E-state index is -0.807. The summed E-state index contributed by atoms with van der Waals surface area (Å²) in [6.07, 6.45) is 1.80. The average Bonchev–Trinajstić information content (AvgIpc) is 2.21. The fraction of sp³-hybridized carbons (Fsp3) is 0.333. The van der Waals surface area contributed by atoms with Crippen molar-refractivity contribution in [2.24, 2.45) is 0 Å². The van der Waals surface area contributed by atoms with Crippen molar-refractivity contribution in [3.8, 4) is 5.75 Å². The zero-order chi connectivity index (χ0) is 11.3. The Labute approximate surface area is 89.1 Å². The maximum atomic E-state index is 11.1. The second kappa shape index (κ2) is 5.29. The number of rotatable bonds is 4. The molecule has 0 saturated carbocycles. The monoisotopic (exact) mass is 206 g/mol. The SMILES string of the molecule is CCCc1ccccc1OC(=O)C(C)=O. The molecule has 0 spiro atoms. The first-order chi connectivity index (χ1) is 7.15. The summed E-state index contributed by atoms with van der Waals surface area (Å²) in [5.74, 6) is -0.903. The van der Waals surface area contributed by atoms with E-state index in [1.165, 1.54) is 6.92 Å². The molecule has 1 aromatic rings. The van der Waals surface area contributed by atoms with Gasteiger partial charge in [-0.15, -0.1) is 0 Å². The van der Waals surface area contributed by atoms with E-state index in [2.05, 4.69) is 0 Å². The second-order valence-corrected chi connectivity index (χ2v) is 3.30. The van der Waals surface area contributed by atoms with Gasteiger partial charge >= 0.3 is 5.97 Å². The third kappa shape index (κ3) is 3.20. The predicted octanol–water partition coefficient (Wildman–Crippen LogP) is 2.13. The van der Waals surface area contributed by atoms with Crippen LogP contribution in [-0.2, 0) is 16.0 Å². The molecule has 0 heterocycles. The highest BCUT2D eigenvalue weighted by molar-refractivity contribution is 6.33. The van der Waals surface area contributed by atoms with Gasteiger partial charge in [0.05, 0.1) is 0 Å². The number of carbonyl (C=O) groups excluding carboxylic acids is 2. The predicted molar refractivity (Wildman–Crippen MR) is 56.8 cm³/mol. The fourth-order valence-electron chi connectivity index (χ4n) is 1.25. The van der Waals surface area contributed by atoms with E-state index in [1.54, 1.807) is 12.1 Å². The van der Waals surface area contributed by atoms with Crippen molar-refractivity contribution in [1.82, 2.24) is 0 Å². The molecule has 0 radical (unpaired) electrons. The topological polar surface area (TPSA) is 43.4 Å². The lowest BCUT2D eigenvalue weighted by Crippen LogP contribution is -2.17. The maximum absolute atomic E-state index is 11.1. The van der Waals surface area contributed by atoms with Crippen molar-refractivity contribution >= 4 is 11.8 Å². The molecular weight excluding hydrogens is 192 g/mol. The zero-order valence-electron chi connectivity index (χ0n) is 8.95. The molecule has 15 heavy (non-hydrogen) atoms. The van der Waals surface area contributed by atoms with Crippen molar-refractivity contribution in [3.63, 3.8) is 0 Å². The van der Waals surface area contributed by atoms with Crippen LogP contribution in [0.25, 0.3) is 0 Å². The van der Waals surface area contributed by atoms with Gasteiger partial charge in [0.25, 0.3) is 0 Å². The van der Waals surface area contributed by atoms with E-state index in [0.717, 1.165) is 18.4 Å². The summed E-state index contributed by atoms with van der Waals surface area (Å²) < 4.78 is 4.97. The van der Waals surface area contributed by atoms with Crippen LogP contribution in [0.3, 0.4) is 0 Å². The second-order valence-electron chi connectivity index (χ2n) is 3.30. The van der Waals surface area contributed by atoms with E-state index < -0.39 is 11.8 Å². The smallest absolute Gasteiger partial charge is 0.379 e. The Morgan fingerprint density at radius 2 is 1.93 bits per heavy atom. The fourth-order valence-corrected chi connectivity index (χ4v) is 1.25. The molecule has 0 aromatic heterocycles. The van der Waals surface area contributed by atoms with Gasteiger partial charge in [0.1, 0.15) is 5.75 Å². The van der Waals surface area contributed by atoms with E-state index in [1.807, 2.05) is 19.1 Å². The number of hydrogen-bond acceptors (Lipinski definition) is 3. The molecule has 0 aliphatic heterocycles. The number of carbonyl (C=O) groups is 2. The van der Waals surface area contributed by atoms with Gasteiger partial charge in [0, 0.05) is 6.92 Å². The molecule has 0 N–H and O–H groups in total. The molecule has 1 rings (SSSR count). The first kappa shape index (κ1) is 11.4. The number of Topliss-reactive ketones (excluding diaryl/α,β-unsaturated/α-hetero) is 1. The molecule has 0 atom stereocenters. The van der Waals surface area contributed by atoms with Gasteiger partial charge in [-0.25, -0.2) is 4.79 Å². The lowest BCUT2D eigenvalue weighted by molar-refractivity contribution is -0.146. The van der Waals surface area contributed by atoms with Crippen molar-refractivity contribution in [2.45, 2.75) is 26.7 Å². The normalized spacial score (nSPS) is 9.73. The summed E-state index contributed by atoms with van der Waals surface area (Å²) >= 11 is 0. The number of hydrogen-bond donors (Lipinski definition) is 0. The molecule has 0 saturated heterocycles.